The SMILES string of the molecule is Cl.O=C(CCC1CCNCC1)N1CCN(C(=O)c2ccc([N+](=O)[O-])s2)CC1. The summed E-state index contributed by atoms with van der Waals surface area (Å²) in [7, 11) is 0. The number of hydrogen-bond acceptors (Lipinski definition) is 6. The molecule has 8 nitrogen and oxygen atoms in total. The standard InChI is InChI=1S/C17H24N4O4S.ClH/c22-15(3-1-13-5-7-18-8-6-13)19-9-11-20(12-10-19)17(23)14-2-4-16(26-14)21(24)25;/h2,4,13,18H,1,3,5-12H2;1H. The molecule has 0 unspecified atom stereocenters. The minimum Gasteiger partial charge on any atom is -0.339 e. The molecular formula is C17H25ClN4O4S. The van der Waals surface area contributed by atoms with E-state index in [0.717, 1.165) is 43.7 Å². The van der Waals surface area contributed by atoms with Crippen molar-refractivity contribution in [3.63, 3.8) is 0 Å². The van der Waals surface area contributed by atoms with Crippen molar-refractivity contribution in [2.24, 2.45) is 5.92 Å². The molecule has 1 aromatic rings. The minimum atomic E-state index is -0.486. The second-order valence-electron chi connectivity index (χ2n) is 6.80. The van der Waals surface area contributed by atoms with Crippen molar-refractivity contribution in [1.29, 1.82) is 0 Å². The van der Waals surface area contributed by atoms with E-state index in [1.165, 1.54) is 12.1 Å². The molecule has 3 heterocycles. The summed E-state index contributed by atoms with van der Waals surface area (Å²) in [5.41, 5.74) is 0. The molecule has 150 valence electrons. The summed E-state index contributed by atoms with van der Waals surface area (Å²) in [6.45, 7) is 4.10. The van der Waals surface area contributed by atoms with Crippen LogP contribution in [0.25, 0.3) is 0 Å². The van der Waals surface area contributed by atoms with Crippen LogP contribution in [0.2, 0.25) is 0 Å². The predicted molar refractivity (Wildman–Crippen MR) is 106 cm³/mol. The van der Waals surface area contributed by atoms with Gasteiger partial charge in [-0.25, -0.2) is 0 Å². The van der Waals surface area contributed by atoms with Crippen LogP contribution in [0, 0.1) is 16.0 Å². The van der Waals surface area contributed by atoms with E-state index in [1.807, 2.05) is 4.90 Å². The molecule has 3 rings (SSSR count). The molecule has 10 heteroatoms. The quantitative estimate of drug-likeness (QED) is 0.586. The number of carbonyl (C=O) groups excluding carboxylic acids is 2. The highest BCUT2D eigenvalue weighted by Gasteiger charge is 2.27. The highest BCUT2D eigenvalue weighted by molar-refractivity contribution is 7.17. The average molecular weight is 417 g/mol. The van der Waals surface area contributed by atoms with Gasteiger partial charge >= 0.3 is 5.00 Å². The summed E-state index contributed by atoms with van der Waals surface area (Å²) in [6.07, 6.45) is 3.80. The zero-order valence-corrected chi connectivity index (χ0v) is 16.7. The number of amides is 2. The Kier molecular flexibility index (Phi) is 8.00. The average Bonchev–Trinajstić information content (AvgIpc) is 3.17. The van der Waals surface area contributed by atoms with Crippen LogP contribution in [0.3, 0.4) is 0 Å². The van der Waals surface area contributed by atoms with Crippen LogP contribution < -0.4 is 5.32 Å². The van der Waals surface area contributed by atoms with Crippen LogP contribution in [0.1, 0.15) is 35.4 Å². The molecular weight excluding hydrogens is 392 g/mol. The Morgan fingerprint density at radius 2 is 1.78 bits per heavy atom. The summed E-state index contributed by atoms with van der Waals surface area (Å²) < 4.78 is 0. The Bertz CT molecular complexity index is 670. The van der Waals surface area contributed by atoms with Crippen molar-refractivity contribution in [2.75, 3.05) is 39.3 Å². The molecule has 27 heavy (non-hydrogen) atoms. The Morgan fingerprint density at radius 1 is 1.15 bits per heavy atom. The fourth-order valence-corrected chi connectivity index (χ4v) is 4.30. The Balaban J connectivity index is 0.00000261. The van der Waals surface area contributed by atoms with Crippen molar-refractivity contribution in [3.8, 4) is 0 Å². The van der Waals surface area contributed by atoms with Gasteiger partial charge in [0.2, 0.25) is 5.91 Å². The minimum absolute atomic E-state index is 0. The van der Waals surface area contributed by atoms with Gasteiger partial charge < -0.3 is 15.1 Å². The number of nitro groups is 1. The van der Waals surface area contributed by atoms with Gasteiger partial charge in [0.1, 0.15) is 0 Å². The van der Waals surface area contributed by atoms with Gasteiger partial charge in [-0.15, -0.1) is 12.4 Å². The van der Waals surface area contributed by atoms with Gasteiger partial charge in [0.25, 0.3) is 5.91 Å². The maximum absolute atomic E-state index is 12.4. The molecule has 2 amide bonds. The summed E-state index contributed by atoms with van der Waals surface area (Å²) in [5, 5.41) is 14.1. The van der Waals surface area contributed by atoms with Crippen LogP contribution in [-0.2, 0) is 4.79 Å². The van der Waals surface area contributed by atoms with Gasteiger partial charge in [0.05, 0.1) is 9.80 Å². The number of rotatable bonds is 5. The normalized spacial score (nSPS) is 18.1. The van der Waals surface area contributed by atoms with E-state index in [-0.39, 0.29) is 29.2 Å². The van der Waals surface area contributed by atoms with E-state index >= 15 is 0 Å². The third kappa shape index (κ3) is 5.63. The monoisotopic (exact) mass is 416 g/mol. The lowest BCUT2D eigenvalue weighted by atomic mass is 9.93. The first-order valence-corrected chi connectivity index (χ1v) is 9.88. The first kappa shape index (κ1) is 21.6. The van der Waals surface area contributed by atoms with Gasteiger partial charge in [0, 0.05) is 38.7 Å². The van der Waals surface area contributed by atoms with E-state index in [0.29, 0.717) is 43.4 Å². The van der Waals surface area contributed by atoms with E-state index in [4.69, 9.17) is 0 Å². The maximum atomic E-state index is 12.4. The molecule has 0 bridgehead atoms. The first-order valence-electron chi connectivity index (χ1n) is 9.06. The van der Waals surface area contributed by atoms with Crippen molar-refractivity contribution in [3.05, 3.63) is 27.1 Å². The number of halogens is 1. The molecule has 2 aliphatic heterocycles. The third-order valence-electron chi connectivity index (χ3n) is 5.13. The number of nitrogens with zero attached hydrogens (tertiary/aromatic N) is 3. The Labute approximate surface area is 168 Å². The molecule has 0 aliphatic carbocycles. The second kappa shape index (κ2) is 10.0. The van der Waals surface area contributed by atoms with Crippen molar-refractivity contribution in [2.45, 2.75) is 25.7 Å². The molecule has 0 saturated carbocycles. The zero-order valence-electron chi connectivity index (χ0n) is 15.1. The summed E-state index contributed by atoms with van der Waals surface area (Å²) in [6, 6.07) is 2.86. The number of carbonyl (C=O) groups is 2. The number of thiophene rings is 1. The first-order chi connectivity index (χ1) is 12.5. The Morgan fingerprint density at radius 3 is 2.37 bits per heavy atom. The van der Waals surface area contributed by atoms with Gasteiger partial charge in [-0.2, -0.15) is 0 Å². The molecule has 0 aromatic carbocycles. The molecule has 0 spiro atoms. The molecule has 2 saturated heterocycles. The van der Waals surface area contributed by atoms with E-state index in [1.54, 1.807) is 4.90 Å². The van der Waals surface area contributed by atoms with Gasteiger partial charge in [-0.3, -0.25) is 19.7 Å². The smallest absolute Gasteiger partial charge is 0.324 e. The lowest BCUT2D eigenvalue weighted by Gasteiger charge is -2.35. The van der Waals surface area contributed by atoms with Gasteiger partial charge in [0.15, 0.2) is 0 Å². The van der Waals surface area contributed by atoms with E-state index in [9.17, 15) is 19.7 Å². The summed E-state index contributed by atoms with van der Waals surface area (Å²) in [4.78, 5) is 39.0. The molecule has 0 radical (unpaired) electrons. The zero-order chi connectivity index (χ0) is 18.5. The molecule has 0 atom stereocenters. The number of hydrogen-bond donors (Lipinski definition) is 1. The molecule has 1 N–H and O–H groups in total. The lowest BCUT2D eigenvalue weighted by molar-refractivity contribution is -0.380. The van der Waals surface area contributed by atoms with Crippen LogP contribution in [-0.4, -0.2) is 65.8 Å². The largest absolute Gasteiger partial charge is 0.339 e. The topological polar surface area (TPSA) is 95.8 Å². The lowest BCUT2D eigenvalue weighted by Crippen LogP contribution is -2.50. The number of piperidine rings is 1. The fourth-order valence-electron chi connectivity index (χ4n) is 3.51. The van der Waals surface area contributed by atoms with Gasteiger partial charge in [-0.1, -0.05) is 11.3 Å². The third-order valence-corrected chi connectivity index (χ3v) is 6.15. The second-order valence-corrected chi connectivity index (χ2v) is 7.86. The van der Waals surface area contributed by atoms with Crippen molar-refractivity contribution < 1.29 is 14.5 Å². The molecule has 1 aromatic heterocycles. The summed E-state index contributed by atoms with van der Waals surface area (Å²) >= 11 is 0.898. The molecule has 2 aliphatic rings. The maximum Gasteiger partial charge on any atom is 0.324 e. The van der Waals surface area contributed by atoms with Crippen LogP contribution in [0.4, 0.5) is 5.00 Å². The Hall–Kier alpha value is -1.71. The van der Waals surface area contributed by atoms with Crippen molar-refractivity contribution in [1.82, 2.24) is 15.1 Å². The van der Waals surface area contributed by atoms with Gasteiger partial charge in [-0.05, 0) is 44.3 Å². The van der Waals surface area contributed by atoms with Crippen LogP contribution >= 0.6 is 23.7 Å². The fraction of sp³-hybridized carbons (Fsp3) is 0.647. The van der Waals surface area contributed by atoms with E-state index in [2.05, 4.69) is 5.32 Å². The van der Waals surface area contributed by atoms with Crippen LogP contribution in [0.5, 0.6) is 0 Å². The number of nitrogens with one attached hydrogen (secondary N) is 1. The predicted octanol–water partition coefficient (Wildman–Crippen LogP) is 2.14. The van der Waals surface area contributed by atoms with Crippen molar-refractivity contribution >= 4 is 40.6 Å². The number of piperazine rings is 1. The van der Waals surface area contributed by atoms with Crippen LogP contribution in [0.15, 0.2) is 12.1 Å². The molecule has 2 fully saturated rings. The summed E-state index contributed by atoms with van der Waals surface area (Å²) in [5.74, 6) is 0.616. The highest BCUT2D eigenvalue weighted by Crippen LogP contribution is 2.25. The highest BCUT2D eigenvalue weighted by atomic mass is 35.5. The van der Waals surface area contributed by atoms with E-state index < -0.39 is 4.92 Å².